The third-order valence-corrected chi connectivity index (χ3v) is 5.64. The summed E-state index contributed by atoms with van der Waals surface area (Å²) in [7, 11) is 0. The molecule has 0 spiro atoms. The van der Waals surface area contributed by atoms with Crippen molar-refractivity contribution in [2.45, 2.75) is 37.8 Å². The second kappa shape index (κ2) is 6.18. The lowest BCUT2D eigenvalue weighted by atomic mass is 9.86. The van der Waals surface area contributed by atoms with Gasteiger partial charge in [-0.2, -0.15) is 0 Å². The van der Waals surface area contributed by atoms with Crippen molar-refractivity contribution in [1.82, 2.24) is 19.8 Å². The largest absolute Gasteiger partial charge is 0.366 e. The molecule has 6 heteroatoms. The number of primary amides is 1. The lowest BCUT2D eigenvalue weighted by Crippen LogP contribution is -2.58. The van der Waals surface area contributed by atoms with Gasteiger partial charge in [-0.1, -0.05) is 12.5 Å². The van der Waals surface area contributed by atoms with Gasteiger partial charge < -0.3 is 15.6 Å². The van der Waals surface area contributed by atoms with Crippen LogP contribution in [-0.4, -0.2) is 46.5 Å². The number of hydrogen-bond acceptors (Lipinski definition) is 4. The molecule has 1 saturated carbocycles. The van der Waals surface area contributed by atoms with Gasteiger partial charge in [-0.25, -0.2) is 4.98 Å². The van der Waals surface area contributed by atoms with Gasteiger partial charge in [0.15, 0.2) is 0 Å². The first-order valence-electron chi connectivity index (χ1n) is 8.94. The third kappa shape index (κ3) is 2.41. The maximum absolute atomic E-state index is 12.0. The van der Waals surface area contributed by atoms with Crippen molar-refractivity contribution in [2.75, 3.05) is 26.2 Å². The molecule has 1 aromatic heterocycles. The molecule has 4 rings (SSSR count). The highest BCUT2D eigenvalue weighted by Crippen LogP contribution is 2.40. The van der Waals surface area contributed by atoms with Crippen LogP contribution in [0.2, 0.25) is 0 Å². The number of para-hydroxylation sites is 1. The van der Waals surface area contributed by atoms with Crippen molar-refractivity contribution in [3.63, 3.8) is 0 Å². The number of nitrogens with two attached hydrogens (primary N) is 1. The molecule has 2 fully saturated rings. The highest BCUT2D eigenvalue weighted by Gasteiger charge is 2.41. The van der Waals surface area contributed by atoms with Crippen molar-refractivity contribution in [3.8, 4) is 0 Å². The Morgan fingerprint density at radius 2 is 1.92 bits per heavy atom. The van der Waals surface area contributed by atoms with Gasteiger partial charge in [0.2, 0.25) is 0 Å². The first kappa shape index (κ1) is 15.6. The van der Waals surface area contributed by atoms with Gasteiger partial charge in [-0.3, -0.25) is 9.69 Å². The van der Waals surface area contributed by atoms with Crippen LogP contribution in [0.1, 0.15) is 42.5 Å². The summed E-state index contributed by atoms with van der Waals surface area (Å²) in [6.45, 7) is 4.07. The number of benzene rings is 1. The van der Waals surface area contributed by atoms with Crippen LogP contribution in [-0.2, 0) is 5.66 Å². The van der Waals surface area contributed by atoms with Gasteiger partial charge in [0, 0.05) is 26.2 Å². The molecule has 0 bridgehead atoms. The molecule has 0 atom stereocenters. The predicted molar refractivity (Wildman–Crippen MR) is 93.8 cm³/mol. The average molecular weight is 327 g/mol. The highest BCUT2D eigenvalue weighted by molar-refractivity contribution is 6.04. The van der Waals surface area contributed by atoms with Crippen LogP contribution in [0.4, 0.5) is 0 Å². The number of fused-ring (bicyclic) bond motifs is 1. The maximum atomic E-state index is 12.0. The number of carbonyl (C=O) groups is 1. The summed E-state index contributed by atoms with van der Waals surface area (Å²) in [5, 5.41) is 3.44. The molecule has 1 saturated heterocycles. The fourth-order valence-electron chi connectivity index (χ4n) is 4.49. The van der Waals surface area contributed by atoms with E-state index < -0.39 is 0 Å². The fraction of sp³-hybridized carbons (Fsp3) is 0.556. The van der Waals surface area contributed by atoms with Crippen LogP contribution in [0.25, 0.3) is 11.0 Å². The second-order valence-electron chi connectivity index (χ2n) is 6.93. The molecular weight excluding hydrogens is 302 g/mol. The van der Waals surface area contributed by atoms with Crippen LogP contribution >= 0.6 is 0 Å². The van der Waals surface area contributed by atoms with Gasteiger partial charge in [-0.05, 0) is 37.8 Å². The normalized spacial score (nSPS) is 21.8. The van der Waals surface area contributed by atoms with E-state index in [9.17, 15) is 4.79 Å². The van der Waals surface area contributed by atoms with E-state index in [1.165, 1.54) is 19.3 Å². The molecule has 128 valence electrons. The number of nitrogens with zero attached hydrogens (tertiary/aromatic N) is 3. The van der Waals surface area contributed by atoms with E-state index in [1.807, 2.05) is 24.5 Å². The summed E-state index contributed by atoms with van der Waals surface area (Å²) in [5.41, 5.74) is 7.89. The molecule has 1 aromatic carbocycles. The summed E-state index contributed by atoms with van der Waals surface area (Å²) < 4.78 is 2.26. The minimum atomic E-state index is -0.381. The van der Waals surface area contributed by atoms with E-state index in [1.54, 1.807) is 0 Å². The standard InChI is InChI=1S/C18H25N5O/c19-17(24)14-5-4-6-15-16(14)23(13-21-15)18(7-2-1-3-8-18)22-11-9-20-10-12-22/h4-6,13,20H,1-3,7-12H2,(H2,19,24). The third-order valence-electron chi connectivity index (χ3n) is 5.64. The predicted octanol–water partition coefficient (Wildman–Crippen LogP) is 1.66. The number of amides is 1. The van der Waals surface area contributed by atoms with Crippen molar-refractivity contribution >= 4 is 16.9 Å². The molecule has 2 aliphatic rings. The van der Waals surface area contributed by atoms with Crippen molar-refractivity contribution in [2.24, 2.45) is 5.73 Å². The Bertz CT molecular complexity index is 741. The van der Waals surface area contributed by atoms with Crippen LogP contribution < -0.4 is 11.1 Å². The number of piperazine rings is 1. The molecule has 1 aliphatic carbocycles. The van der Waals surface area contributed by atoms with E-state index >= 15 is 0 Å². The Morgan fingerprint density at radius 3 is 2.62 bits per heavy atom. The van der Waals surface area contributed by atoms with E-state index in [-0.39, 0.29) is 11.6 Å². The minimum Gasteiger partial charge on any atom is -0.366 e. The molecule has 3 N–H and O–H groups in total. The van der Waals surface area contributed by atoms with Crippen LogP contribution in [0.5, 0.6) is 0 Å². The topological polar surface area (TPSA) is 76.2 Å². The van der Waals surface area contributed by atoms with E-state index in [0.29, 0.717) is 5.56 Å². The summed E-state index contributed by atoms with van der Waals surface area (Å²) >= 11 is 0. The first-order chi connectivity index (χ1) is 11.7. The molecule has 2 aromatic rings. The maximum Gasteiger partial charge on any atom is 0.250 e. The zero-order valence-corrected chi connectivity index (χ0v) is 14.0. The zero-order chi connectivity index (χ0) is 16.6. The molecule has 1 amide bonds. The summed E-state index contributed by atoms with van der Waals surface area (Å²) in [5.74, 6) is -0.381. The second-order valence-corrected chi connectivity index (χ2v) is 6.93. The average Bonchev–Trinajstić information content (AvgIpc) is 3.07. The van der Waals surface area contributed by atoms with Crippen molar-refractivity contribution in [1.29, 1.82) is 0 Å². The lowest BCUT2D eigenvalue weighted by molar-refractivity contribution is -0.0218. The number of rotatable bonds is 3. The lowest BCUT2D eigenvalue weighted by Gasteiger charge is -2.49. The van der Waals surface area contributed by atoms with Crippen LogP contribution in [0.15, 0.2) is 24.5 Å². The first-order valence-corrected chi connectivity index (χ1v) is 8.94. The summed E-state index contributed by atoms with van der Waals surface area (Å²) in [6.07, 6.45) is 7.83. The van der Waals surface area contributed by atoms with Gasteiger partial charge in [0.25, 0.3) is 5.91 Å². The number of imidazole rings is 1. The summed E-state index contributed by atoms with van der Waals surface area (Å²) in [4.78, 5) is 19.2. The molecule has 6 nitrogen and oxygen atoms in total. The van der Waals surface area contributed by atoms with Crippen LogP contribution in [0, 0.1) is 0 Å². The Labute approximate surface area is 142 Å². The van der Waals surface area contributed by atoms with E-state index in [0.717, 1.165) is 50.1 Å². The monoisotopic (exact) mass is 327 g/mol. The van der Waals surface area contributed by atoms with E-state index in [2.05, 4.69) is 19.8 Å². The van der Waals surface area contributed by atoms with Gasteiger partial charge in [0.1, 0.15) is 0 Å². The van der Waals surface area contributed by atoms with Crippen molar-refractivity contribution in [3.05, 3.63) is 30.1 Å². The Kier molecular flexibility index (Phi) is 4.02. The number of hydrogen-bond donors (Lipinski definition) is 2. The fourth-order valence-corrected chi connectivity index (χ4v) is 4.49. The van der Waals surface area contributed by atoms with Gasteiger partial charge in [-0.15, -0.1) is 0 Å². The molecule has 2 heterocycles. The minimum absolute atomic E-state index is 0.0827. The Morgan fingerprint density at radius 1 is 1.17 bits per heavy atom. The molecule has 0 unspecified atom stereocenters. The van der Waals surface area contributed by atoms with Gasteiger partial charge in [0.05, 0.1) is 28.6 Å². The quantitative estimate of drug-likeness (QED) is 0.899. The van der Waals surface area contributed by atoms with Crippen LogP contribution in [0.3, 0.4) is 0 Å². The SMILES string of the molecule is NC(=O)c1cccc2ncn(C3(N4CCNCC4)CCCCC3)c12. The van der Waals surface area contributed by atoms with Crippen molar-refractivity contribution < 1.29 is 4.79 Å². The molecule has 0 radical (unpaired) electrons. The number of carbonyl (C=O) groups excluding carboxylic acids is 1. The van der Waals surface area contributed by atoms with E-state index in [4.69, 9.17) is 5.73 Å². The molecule has 1 aliphatic heterocycles. The Balaban J connectivity index is 1.89. The zero-order valence-electron chi connectivity index (χ0n) is 14.0. The summed E-state index contributed by atoms with van der Waals surface area (Å²) in [6, 6.07) is 5.64. The Hall–Kier alpha value is -1.92. The number of aromatic nitrogens is 2. The van der Waals surface area contributed by atoms with Gasteiger partial charge >= 0.3 is 0 Å². The molecule has 24 heavy (non-hydrogen) atoms. The highest BCUT2D eigenvalue weighted by atomic mass is 16.1. The molecular formula is C18H25N5O. The smallest absolute Gasteiger partial charge is 0.250 e. The number of nitrogens with one attached hydrogen (secondary N) is 1.